The van der Waals surface area contributed by atoms with Gasteiger partial charge in [0.05, 0.1) is 26.7 Å². The minimum absolute atomic E-state index is 0.533. The third-order valence-corrected chi connectivity index (χ3v) is 3.01. The third kappa shape index (κ3) is 2.17. The van der Waals surface area contributed by atoms with E-state index in [4.69, 9.17) is 14.2 Å². The molecule has 0 bridgehead atoms. The summed E-state index contributed by atoms with van der Waals surface area (Å²) < 4.78 is 16.2. The van der Waals surface area contributed by atoms with E-state index in [1.54, 1.807) is 21.3 Å². The molecule has 0 atom stereocenters. The maximum atomic E-state index is 5.47. The molecule has 0 aliphatic heterocycles. The van der Waals surface area contributed by atoms with Crippen LogP contribution in [-0.4, -0.2) is 45.4 Å². The molecule has 20 heavy (non-hydrogen) atoms. The van der Waals surface area contributed by atoms with Crippen molar-refractivity contribution in [3.05, 3.63) is 11.9 Å². The van der Waals surface area contributed by atoms with E-state index in [2.05, 4.69) is 9.97 Å². The Balaban J connectivity index is 2.94. The number of methoxy groups -OCH3 is 3. The van der Waals surface area contributed by atoms with Crippen molar-refractivity contribution in [2.75, 3.05) is 40.3 Å². The van der Waals surface area contributed by atoms with Crippen LogP contribution in [-0.2, 0) is 0 Å². The van der Waals surface area contributed by atoms with Gasteiger partial charge in [-0.25, -0.2) is 9.97 Å². The van der Waals surface area contributed by atoms with E-state index in [1.165, 1.54) is 0 Å². The molecule has 0 aliphatic rings. The van der Waals surface area contributed by atoms with Crippen molar-refractivity contribution in [1.29, 1.82) is 0 Å². The molecule has 2 aromatic rings. The largest absolute Gasteiger partial charge is 0.493 e. The highest BCUT2D eigenvalue weighted by molar-refractivity contribution is 5.97. The first-order valence-corrected chi connectivity index (χ1v) is 6.18. The quantitative estimate of drug-likeness (QED) is 0.852. The molecule has 0 N–H and O–H groups in total. The maximum Gasteiger partial charge on any atom is 0.205 e. The Morgan fingerprint density at radius 3 is 2.10 bits per heavy atom. The van der Waals surface area contributed by atoms with Gasteiger partial charge in [-0.1, -0.05) is 0 Å². The lowest BCUT2D eigenvalue weighted by Gasteiger charge is -2.18. The summed E-state index contributed by atoms with van der Waals surface area (Å²) in [5.74, 6) is 3.16. The van der Waals surface area contributed by atoms with E-state index >= 15 is 0 Å². The molecule has 6 heteroatoms. The normalized spacial score (nSPS) is 10.5. The minimum Gasteiger partial charge on any atom is -0.493 e. The molecular formula is C14H19N3O3. The number of hydrogen-bond acceptors (Lipinski definition) is 6. The van der Waals surface area contributed by atoms with Crippen LogP contribution in [0.5, 0.6) is 17.2 Å². The Kier molecular flexibility index (Phi) is 3.83. The smallest absolute Gasteiger partial charge is 0.205 e. The fraction of sp³-hybridized carbons (Fsp3) is 0.429. The molecule has 0 fully saturated rings. The summed E-state index contributed by atoms with van der Waals surface area (Å²) in [7, 11) is 8.62. The fourth-order valence-corrected chi connectivity index (χ4v) is 2.16. The zero-order valence-electron chi connectivity index (χ0n) is 12.6. The number of benzene rings is 1. The number of hydrogen-bond donors (Lipinski definition) is 0. The van der Waals surface area contributed by atoms with E-state index in [0.29, 0.717) is 28.6 Å². The lowest BCUT2D eigenvalue weighted by atomic mass is 10.1. The molecule has 0 saturated carbocycles. The van der Waals surface area contributed by atoms with Gasteiger partial charge in [0, 0.05) is 14.1 Å². The van der Waals surface area contributed by atoms with Crippen molar-refractivity contribution < 1.29 is 14.2 Å². The first kappa shape index (κ1) is 14.2. The van der Waals surface area contributed by atoms with Crippen LogP contribution in [0.25, 0.3) is 10.9 Å². The van der Waals surface area contributed by atoms with Crippen molar-refractivity contribution in [1.82, 2.24) is 9.97 Å². The zero-order valence-corrected chi connectivity index (χ0v) is 12.6. The Morgan fingerprint density at radius 1 is 0.950 bits per heavy atom. The predicted molar refractivity (Wildman–Crippen MR) is 78.3 cm³/mol. The van der Waals surface area contributed by atoms with Gasteiger partial charge in [0.2, 0.25) is 5.75 Å². The third-order valence-electron chi connectivity index (χ3n) is 3.01. The SMILES string of the molecule is COc1cc2c(N(C)C)nc(C)nc2c(OC)c1OC. The van der Waals surface area contributed by atoms with Crippen LogP contribution in [0.3, 0.4) is 0 Å². The van der Waals surface area contributed by atoms with E-state index in [9.17, 15) is 0 Å². The van der Waals surface area contributed by atoms with Gasteiger partial charge in [-0.3, -0.25) is 0 Å². The second kappa shape index (κ2) is 5.40. The van der Waals surface area contributed by atoms with Crippen molar-refractivity contribution in [2.45, 2.75) is 6.92 Å². The summed E-state index contributed by atoms with van der Waals surface area (Å²) in [6.45, 7) is 1.85. The number of ether oxygens (including phenoxy) is 3. The summed E-state index contributed by atoms with van der Waals surface area (Å²) in [5, 5.41) is 0.857. The highest BCUT2D eigenvalue weighted by Crippen LogP contribution is 2.44. The Bertz CT molecular complexity index is 641. The highest BCUT2D eigenvalue weighted by atomic mass is 16.5. The second-order valence-corrected chi connectivity index (χ2v) is 4.53. The van der Waals surface area contributed by atoms with Crippen molar-refractivity contribution in [3.8, 4) is 17.2 Å². The van der Waals surface area contributed by atoms with E-state index in [0.717, 1.165) is 11.2 Å². The fourth-order valence-electron chi connectivity index (χ4n) is 2.16. The molecule has 1 heterocycles. The van der Waals surface area contributed by atoms with Crippen molar-refractivity contribution >= 4 is 16.7 Å². The molecule has 6 nitrogen and oxygen atoms in total. The van der Waals surface area contributed by atoms with Gasteiger partial charge in [0.25, 0.3) is 0 Å². The predicted octanol–water partition coefficient (Wildman–Crippen LogP) is 2.03. The van der Waals surface area contributed by atoms with Gasteiger partial charge in [0.1, 0.15) is 17.2 Å². The Morgan fingerprint density at radius 2 is 1.60 bits per heavy atom. The molecule has 0 radical (unpaired) electrons. The average Bonchev–Trinajstić information content (AvgIpc) is 2.43. The molecular weight excluding hydrogens is 258 g/mol. The highest BCUT2D eigenvalue weighted by Gasteiger charge is 2.20. The summed E-state index contributed by atoms with van der Waals surface area (Å²) in [5.41, 5.74) is 0.710. The van der Waals surface area contributed by atoms with Gasteiger partial charge in [-0.05, 0) is 13.0 Å². The number of rotatable bonds is 4. The lowest BCUT2D eigenvalue weighted by molar-refractivity contribution is 0.327. The molecule has 0 amide bonds. The van der Waals surface area contributed by atoms with Crippen molar-refractivity contribution in [3.63, 3.8) is 0 Å². The molecule has 0 saturated heterocycles. The van der Waals surface area contributed by atoms with Crippen LogP contribution in [0.1, 0.15) is 5.82 Å². The summed E-state index contributed by atoms with van der Waals surface area (Å²) >= 11 is 0. The monoisotopic (exact) mass is 277 g/mol. The molecule has 1 aromatic carbocycles. The van der Waals surface area contributed by atoms with Crippen LogP contribution in [0.4, 0.5) is 5.82 Å². The number of aromatic nitrogens is 2. The Hall–Kier alpha value is -2.24. The first-order valence-electron chi connectivity index (χ1n) is 6.18. The minimum atomic E-state index is 0.533. The summed E-state index contributed by atoms with van der Waals surface area (Å²) in [6.07, 6.45) is 0. The number of fused-ring (bicyclic) bond motifs is 1. The van der Waals surface area contributed by atoms with Crippen LogP contribution in [0, 0.1) is 6.92 Å². The van der Waals surface area contributed by atoms with Gasteiger partial charge in [0.15, 0.2) is 11.5 Å². The summed E-state index contributed by atoms with van der Waals surface area (Å²) in [6, 6.07) is 1.87. The molecule has 2 rings (SSSR count). The van der Waals surface area contributed by atoms with Crippen LogP contribution in [0.2, 0.25) is 0 Å². The number of anilines is 1. The van der Waals surface area contributed by atoms with Gasteiger partial charge in [-0.2, -0.15) is 0 Å². The van der Waals surface area contributed by atoms with Crippen LogP contribution < -0.4 is 19.1 Å². The lowest BCUT2D eigenvalue weighted by Crippen LogP contribution is -2.13. The van der Waals surface area contributed by atoms with Gasteiger partial charge < -0.3 is 19.1 Å². The molecule has 0 unspecified atom stereocenters. The van der Waals surface area contributed by atoms with Crippen LogP contribution >= 0.6 is 0 Å². The molecule has 108 valence electrons. The van der Waals surface area contributed by atoms with Crippen LogP contribution in [0.15, 0.2) is 6.07 Å². The number of nitrogens with zero attached hydrogens (tertiary/aromatic N) is 3. The molecule has 1 aromatic heterocycles. The number of aryl methyl sites for hydroxylation is 1. The molecule has 0 spiro atoms. The summed E-state index contributed by atoms with van der Waals surface area (Å²) in [4.78, 5) is 10.9. The average molecular weight is 277 g/mol. The topological polar surface area (TPSA) is 56.7 Å². The van der Waals surface area contributed by atoms with E-state index in [1.807, 2.05) is 32.0 Å². The Labute approximate surface area is 118 Å². The van der Waals surface area contributed by atoms with Gasteiger partial charge >= 0.3 is 0 Å². The maximum absolute atomic E-state index is 5.47. The first-order chi connectivity index (χ1) is 9.53. The second-order valence-electron chi connectivity index (χ2n) is 4.53. The molecule has 0 aliphatic carbocycles. The van der Waals surface area contributed by atoms with Crippen molar-refractivity contribution in [2.24, 2.45) is 0 Å². The standard InChI is InChI=1S/C14H19N3O3/c1-8-15-11-9(14(16-8)17(2)3)7-10(18-4)12(19-5)13(11)20-6/h7H,1-6H3. The zero-order chi connectivity index (χ0) is 14.9. The van der Waals surface area contributed by atoms with E-state index < -0.39 is 0 Å². The van der Waals surface area contributed by atoms with Gasteiger partial charge in [-0.15, -0.1) is 0 Å². The van der Waals surface area contributed by atoms with E-state index in [-0.39, 0.29) is 0 Å².